The van der Waals surface area contributed by atoms with Crippen molar-refractivity contribution in [2.24, 2.45) is 0 Å². The van der Waals surface area contributed by atoms with E-state index < -0.39 is 7.82 Å². The van der Waals surface area contributed by atoms with Crippen LogP contribution in [-0.4, -0.2) is 28.1 Å². The lowest BCUT2D eigenvalue weighted by molar-refractivity contribution is 0.193. The Bertz CT molecular complexity index is 254. The topological polar surface area (TPSA) is 87.0 Å². The lowest BCUT2D eigenvalue weighted by Gasteiger charge is -2.05. The number of phosphoric acid groups is 1. The van der Waals surface area contributed by atoms with Crippen molar-refractivity contribution in [1.29, 1.82) is 0 Å². The van der Waals surface area contributed by atoms with Crippen molar-refractivity contribution in [3.8, 4) is 0 Å². The van der Waals surface area contributed by atoms with Crippen molar-refractivity contribution in [1.82, 2.24) is 0 Å². The minimum Gasteiger partial charge on any atom is -0.396 e. The predicted octanol–water partition coefficient (Wildman–Crippen LogP) is 4.16. The summed E-state index contributed by atoms with van der Waals surface area (Å²) in [5, 5.41) is 8.65. The van der Waals surface area contributed by atoms with Crippen LogP contribution in [0.15, 0.2) is 0 Å². The van der Waals surface area contributed by atoms with Gasteiger partial charge in [-0.15, -0.1) is 0 Å². The van der Waals surface area contributed by atoms with Gasteiger partial charge in [-0.3, -0.25) is 4.52 Å². The normalized spacial score (nSPS) is 12.0. The molecule has 0 radical (unpaired) electrons. The average molecular weight is 324 g/mol. The second-order valence-corrected chi connectivity index (χ2v) is 6.88. The van der Waals surface area contributed by atoms with E-state index in [4.69, 9.17) is 14.9 Å². The zero-order chi connectivity index (χ0) is 15.8. The summed E-state index contributed by atoms with van der Waals surface area (Å²) in [4.78, 5) is 17.0. The maximum atomic E-state index is 10.4. The van der Waals surface area contributed by atoms with Gasteiger partial charge in [0.15, 0.2) is 0 Å². The molecule has 0 fully saturated rings. The van der Waals surface area contributed by atoms with Crippen LogP contribution >= 0.6 is 7.82 Å². The molecule has 6 heteroatoms. The summed E-state index contributed by atoms with van der Waals surface area (Å²) in [5.74, 6) is 0. The lowest BCUT2D eigenvalue weighted by Crippen LogP contribution is -1.92. The average Bonchev–Trinajstić information content (AvgIpc) is 2.42. The SMILES string of the molecule is O=P(O)(O)OCCCCCCCCCCCCCCCO. The third-order valence-corrected chi connectivity index (χ3v) is 4.08. The van der Waals surface area contributed by atoms with E-state index in [0.29, 0.717) is 6.61 Å². The highest BCUT2D eigenvalue weighted by Gasteiger charge is 2.12. The van der Waals surface area contributed by atoms with Gasteiger partial charge in [0.1, 0.15) is 0 Å². The van der Waals surface area contributed by atoms with Gasteiger partial charge in [0, 0.05) is 6.61 Å². The van der Waals surface area contributed by atoms with Crippen molar-refractivity contribution in [3.05, 3.63) is 0 Å². The number of hydrogen-bond donors (Lipinski definition) is 3. The summed E-state index contributed by atoms with van der Waals surface area (Å²) >= 11 is 0. The third-order valence-electron chi connectivity index (χ3n) is 3.56. The summed E-state index contributed by atoms with van der Waals surface area (Å²) in [5.41, 5.74) is 0. The number of rotatable bonds is 16. The first kappa shape index (κ1) is 21.1. The van der Waals surface area contributed by atoms with E-state index in [-0.39, 0.29) is 6.61 Å². The largest absolute Gasteiger partial charge is 0.469 e. The smallest absolute Gasteiger partial charge is 0.396 e. The highest BCUT2D eigenvalue weighted by atomic mass is 31.2. The van der Waals surface area contributed by atoms with Gasteiger partial charge in [-0.1, -0.05) is 70.6 Å². The van der Waals surface area contributed by atoms with Gasteiger partial charge in [0.2, 0.25) is 0 Å². The van der Waals surface area contributed by atoms with E-state index in [9.17, 15) is 4.57 Å². The van der Waals surface area contributed by atoms with Gasteiger partial charge in [0.25, 0.3) is 0 Å². The Morgan fingerprint density at radius 2 is 0.952 bits per heavy atom. The molecule has 0 aromatic rings. The quantitative estimate of drug-likeness (QED) is 0.293. The Kier molecular flexibility index (Phi) is 15.0. The number of aliphatic hydroxyl groups excluding tert-OH is 1. The molecule has 5 nitrogen and oxygen atoms in total. The fourth-order valence-corrected chi connectivity index (χ4v) is 2.71. The molecule has 0 rings (SSSR count). The summed E-state index contributed by atoms with van der Waals surface area (Å²) in [7, 11) is -4.26. The second-order valence-electron chi connectivity index (χ2n) is 5.64. The first-order chi connectivity index (χ1) is 10.1. The van der Waals surface area contributed by atoms with Crippen LogP contribution in [-0.2, 0) is 9.09 Å². The molecule has 0 saturated carbocycles. The molecular weight excluding hydrogens is 291 g/mol. The minimum absolute atomic E-state index is 0.153. The molecule has 0 bridgehead atoms. The molecule has 128 valence electrons. The molecule has 0 spiro atoms. The van der Waals surface area contributed by atoms with Gasteiger partial charge < -0.3 is 14.9 Å². The second kappa shape index (κ2) is 15.0. The Morgan fingerprint density at radius 3 is 1.29 bits per heavy atom. The molecule has 0 saturated heterocycles. The molecular formula is C15H33O5P. The van der Waals surface area contributed by atoms with Gasteiger partial charge in [0.05, 0.1) is 6.61 Å². The van der Waals surface area contributed by atoms with Crippen molar-refractivity contribution in [2.45, 2.75) is 83.5 Å². The Labute approximate surface area is 129 Å². The molecule has 0 aliphatic rings. The zero-order valence-electron chi connectivity index (χ0n) is 13.2. The first-order valence-electron chi connectivity index (χ1n) is 8.37. The van der Waals surface area contributed by atoms with Gasteiger partial charge in [-0.05, 0) is 12.8 Å². The molecule has 21 heavy (non-hydrogen) atoms. The molecule has 0 atom stereocenters. The first-order valence-corrected chi connectivity index (χ1v) is 9.90. The molecule has 0 amide bonds. The molecule has 0 aliphatic heterocycles. The van der Waals surface area contributed by atoms with E-state index in [1.165, 1.54) is 51.4 Å². The number of phosphoric ester groups is 1. The van der Waals surface area contributed by atoms with Gasteiger partial charge >= 0.3 is 7.82 Å². The fraction of sp³-hybridized carbons (Fsp3) is 1.00. The van der Waals surface area contributed by atoms with E-state index >= 15 is 0 Å². The highest BCUT2D eigenvalue weighted by Crippen LogP contribution is 2.35. The Balaban J connectivity index is 3.01. The van der Waals surface area contributed by atoms with E-state index in [1.807, 2.05) is 0 Å². The summed E-state index contributed by atoms with van der Waals surface area (Å²) in [6, 6.07) is 0. The molecule has 0 unspecified atom stereocenters. The van der Waals surface area contributed by atoms with E-state index in [1.54, 1.807) is 0 Å². The van der Waals surface area contributed by atoms with Crippen molar-refractivity contribution < 1.29 is 24.0 Å². The van der Waals surface area contributed by atoms with Gasteiger partial charge in [-0.25, -0.2) is 4.57 Å². The van der Waals surface area contributed by atoms with E-state index in [2.05, 4.69) is 4.52 Å². The van der Waals surface area contributed by atoms with E-state index in [0.717, 1.165) is 32.1 Å². The number of unbranched alkanes of at least 4 members (excludes halogenated alkanes) is 12. The molecule has 0 aromatic heterocycles. The maximum Gasteiger partial charge on any atom is 0.469 e. The molecule has 0 aromatic carbocycles. The summed E-state index contributed by atoms with van der Waals surface area (Å²) < 4.78 is 14.8. The van der Waals surface area contributed by atoms with Crippen LogP contribution in [0.5, 0.6) is 0 Å². The van der Waals surface area contributed by atoms with Crippen LogP contribution in [0.2, 0.25) is 0 Å². The summed E-state index contributed by atoms with van der Waals surface area (Å²) in [6.45, 7) is 0.478. The standard InChI is InChI=1S/C15H33O5P/c16-14-12-10-8-6-4-2-1-3-5-7-9-11-13-15-20-21(17,18)19/h16H,1-15H2,(H2,17,18,19). The third kappa shape index (κ3) is 20.1. The fourth-order valence-electron chi connectivity index (χ4n) is 2.34. The van der Waals surface area contributed by atoms with Crippen LogP contribution < -0.4 is 0 Å². The van der Waals surface area contributed by atoms with Crippen LogP contribution in [0.25, 0.3) is 0 Å². The highest BCUT2D eigenvalue weighted by molar-refractivity contribution is 7.46. The molecule has 0 heterocycles. The van der Waals surface area contributed by atoms with Crippen molar-refractivity contribution >= 4 is 7.82 Å². The predicted molar refractivity (Wildman–Crippen MR) is 85.1 cm³/mol. The van der Waals surface area contributed by atoms with Crippen LogP contribution in [0, 0.1) is 0 Å². The summed E-state index contributed by atoms with van der Waals surface area (Å²) in [6.07, 6.45) is 15.1. The number of aliphatic hydroxyl groups is 1. The maximum absolute atomic E-state index is 10.4. The van der Waals surface area contributed by atoms with Crippen molar-refractivity contribution in [2.75, 3.05) is 13.2 Å². The van der Waals surface area contributed by atoms with Crippen LogP contribution in [0.4, 0.5) is 0 Å². The zero-order valence-corrected chi connectivity index (χ0v) is 14.1. The minimum atomic E-state index is -4.26. The monoisotopic (exact) mass is 324 g/mol. The van der Waals surface area contributed by atoms with Crippen molar-refractivity contribution in [3.63, 3.8) is 0 Å². The van der Waals surface area contributed by atoms with Crippen LogP contribution in [0.1, 0.15) is 83.5 Å². The lowest BCUT2D eigenvalue weighted by atomic mass is 10.0. The Morgan fingerprint density at radius 1 is 0.619 bits per heavy atom. The Hall–Kier alpha value is 0.0700. The number of hydrogen-bond acceptors (Lipinski definition) is 3. The van der Waals surface area contributed by atoms with Gasteiger partial charge in [-0.2, -0.15) is 0 Å². The molecule has 0 aliphatic carbocycles. The molecule has 3 N–H and O–H groups in total. The van der Waals surface area contributed by atoms with Crippen LogP contribution in [0.3, 0.4) is 0 Å².